The maximum absolute atomic E-state index is 11.8. The molecule has 2 aromatic carbocycles. The molecule has 0 bridgehead atoms. The van der Waals surface area contributed by atoms with Gasteiger partial charge < -0.3 is 14.8 Å². The first-order valence-corrected chi connectivity index (χ1v) is 8.32. The second-order valence-electron chi connectivity index (χ2n) is 5.55. The van der Waals surface area contributed by atoms with Crippen LogP contribution in [0.4, 0.5) is 11.4 Å². The lowest BCUT2D eigenvalue weighted by molar-refractivity contribution is -0.384. The number of nitrogens with zero attached hydrogens (tertiary/aromatic N) is 1. The highest BCUT2D eigenvalue weighted by molar-refractivity contribution is 6.34. The van der Waals surface area contributed by atoms with Crippen LogP contribution in [0.1, 0.15) is 12.0 Å². The average Bonchev–Trinajstić information content (AvgIpc) is 2.61. The molecule has 1 amide bonds. The number of carbonyl (C=O) groups is 2. The SMILES string of the molecule is Cc1cccc(OCCC(=O)OCC(=O)Nc2ccc([N+](=O)[O-])cc2Cl)c1. The second-order valence-corrected chi connectivity index (χ2v) is 5.95. The van der Waals surface area contributed by atoms with Crippen molar-refractivity contribution < 1.29 is 24.0 Å². The molecule has 1 N–H and O–H groups in total. The zero-order valence-electron chi connectivity index (χ0n) is 14.4. The van der Waals surface area contributed by atoms with Crippen molar-refractivity contribution >= 4 is 34.9 Å². The number of hydrogen-bond acceptors (Lipinski definition) is 6. The molecule has 0 aliphatic carbocycles. The minimum Gasteiger partial charge on any atom is -0.493 e. The highest BCUT2D eigenvalue weighted by atomic mass is 35.5. The number of aryl methyl sites for hydroxylation is 1. The molecule has 0 saturated carbocycles. The fraction of sp³-hybridized carbons (Fsp3) is 0.222. The van der Waals surface area contributed by atoms with Crippen molar-refractivity contribution in [3.8, 4) is 5.75 Å². The van der Waals surface area contributed by atoms with E-state index in [4.69, 9.17) is 21.1 Å². The predicted molar refractivity (Wildman–Crippen MR) is 99.0 cm³/mol. The number of amides is 1. The van der Waals surface area contributed by atoms with E-state index in [2.05, 4.69) is 5.32 Å². The maximum atomic E-state index is 11.8. The van der Waals surface area contributed by atoms with Gasteiger partial charge in [0, 0.05) is 12.1 Å². The van der Waals surface area contributed by atoms with E-state index in [0.717, 1.165) is 11.6 Å². The first-order valence-electron chi connectivity index (χ1n) is 7.94. The van der Waals surface area contributed by atoms with Crippen molar-refractivity contribution in [3.05, 3.63) is 63.2 Å². The Morgan fingerprint density at radius 1 is 1.22 bits per heavy atom. The smallest absolute Gasteiger partial charge is 0.309 e. The molecule has 0 aromatic heterocycles. The fourth-order valence-electron chi connectivity index (χ4n) is 2.08. The first-order chi connectivity index (χ1) is 12.8. The van der Waals surface area contributed by atoms with E-state index in [9.17, 15) is 19.7 Å². The Hall–Kier alpha value is -3.13. The van der Waals surface area contributed by atoms with Crippen molar-refractivity contribution in [2.45, 2.75) is 13.3 Å². The summed E-state index contributed by atoms with van der Waals surface area (Å²) < 4.78 is 10.3. The summed E-state index contributed by atoms with van der Waals surface area (Å²) in [6.45, 7) is 1.55. The highest BCUT2D eigenvalue weighted by Gasteiger charge is 2.13. The molecule has 27 heavy (non-hydrogen) atoms. The Morgan fingerprint density at radius 2 is 2.00 bits per heavy atom. The second kappa shape index (κ2) is 9.54. The molecule has 0 aliphatic heterocycles. The van der Waals surface area contributed by atoms with Gasteiger partial charge in [0.1, 0.15) is 5.75 Å². The lowest BCUT2D eigenvalue weighted by atomic mass is 10.2. The largest absolute Gasteiger partial charge is 0.493 e. The lowest BCUT2D eigenvalue weighted by Crippen LogP contribution is -2.21. The zero-order chi connectivity index (χ0) is 19.8. The van der Waals surface area contributed by atoms with Gasteiger partial charge in [0.15, 0.2) is 6.61 Å². The van der Waals surface area contributed by atoms with Gasteiger partial charge in [-0.1, -0.05) is 23.7 Å². The van der Waals surface area contributed by atoms with Crippen LogP contribution in [0.15, 0.2) is 42.5 Å². The number of anilines is 1. The van der Waals surface area contributed by atoms with Crippen LogP contribution in [0.2, 0.25) is 5.02 Å². The summed E-state index contributed by atoms with van der Waals surface area (Å²) in [5, 5.41) is 13.1. The van der Waals surface area contributed by atoms with Crippen molar-refractivity contribution in [2.24, 2.45) is 0 Å². The number of nitro benzene ring substituents is 1. The van der Waals surface area contributed by atoms with Crippen LogP contribution in [-0.2, 0) is 14.3 Å². The topological polar surface area (TPSA) is 108 Å². The Bertz CT molecular complexity index is 855. The third-order valence-corrected chi connectivity index (χ3v) is 3.68. The Balaban J connectivity index is 1.73. The number of halogens is 1. The Morgan fingerprint density at radius 3 is 2.67 bits per heavy atom. The van der Waals surface area contributed by atoms with Crippen LogP contribution < -0.4 is 10.1 Å². The molecule has 0 heterocycles. The fourth-order valence-corrected chi connectivity index (χ4v) is 2.30. The summed E-state index contributed by atoms with van der Waals surface area (Å²) in [5.74, 6) is -0.556. The standard InChI is InChI=1S/C18H17ClN2O6/c1-12-3-2-4-14(9-12)26-8-7-18(23)27-11-17(22)20-16-6-5-13(21(24)25)10-15(16)19/h2-6,9-10H,7-8,11H2,1H3,(H,20,22). The average molecular weight is 393 g/mol. The number of esters is 1. The zero-order valence-corrected chi connectivity index (χ0v) is 15.2. The monoisotopic (exact) mass is 392 g/mol. The number of carbonyl (C=O) groups excluding carboxylic acids is 2. The van der Waals surface area contributed by atoms with Crippen LogP contribution in [0.5, 0.6) is 5.75 Å². The van der Waals surface area contributed by atoms with Gasteiger partial charge in [0.05, 0.1) is 28.7 Å². The van der Waals surface area contributed by atoms with Crippen molar-refractivity contribution in [2.75, 3.05) is 18.5 Å². The minimum atomic E-state index is -0.612. The summed E-state index contributed by atoms with van der Waals surface area (Å²) in [5.41, 5.74) is 1.03. The van der Waals surface area contributed by atoms with Gasteiger partial charge in [-0.2, -0.15) is 0 Å². The first kappa shape index (κ1) is 20.2. The van der Waals surface area contributed by atoms with E-state index in [1.807, 2.05) is 25.1 Å². The van der Waals surface area contributed by atoms with Crippen LogP contribution >= 0.6 is 11.6 Å². The number of non-ortho nitro benzene ring substituents is 1. The molecule has 8 nitrogen and oxygen atoms in total. The summed E-state index contributed by atoms with van der Waals surface area (Å²) in [4.78, 5) is 33.5. The van der Waals surface area contributed by atoms with Gasteiger partial charge in [-0.15, -0.1) is 0 Å². The molecule has 0 unspecified atom stereocenters. The molecule has 0 aliphatic rings. The molecule has 0 saturated heterocycles. The molecule has 2 rings (SSSR count). The molecular formula is C18H17ClN2O6. The number of rotatable bonds is 8. The molecule has 0 atom stereocenters. The predicted octanol–water partition coefficient (Wildman–Crippen LogP) is 3.51. The number of benzene rings is 2. The van der Waals surface area contributed by atoms with E-state index in [1.165, 1.54) is 12.1 Å². The molecule has 0 spiro atoms. The minimum absolute atomic E-state index is 0.00966. The number of ether oxygens (including phenoxy) is 2. The van der Waals surface area contributed by atoms with Gasteiger partial charge in [-0.25, -0.2) is 0 Å². The van der Waals surface area contributed by atoms with E-state index in [-0.39, 0.29) is 29.4 Å². The van der Waals surface area contributed by atoms with E-state index >= 15 is 0 Å². The van der Waals surface area contributed by atoms with Gasteiger partial charge in [-0.3, -0.25) is 19.7 Å². The Labute approximate surface area is 160 Å². The summed E-state index contributed by atoms with van der Waals surface area (Å²) in [6, 6.07) is 11.0. The van der Waals surface area contributed by atoms with Crippen molar-refractivity contribution in [1.29, 1.82) is 0 Å². The molecule has 0 radical (unpaired) electrons. The van der Waals surface area contributed by atoms with Gasteiger partial charge >= 0.3 is 5.97 Å². The number of nitrogens with one attached hydrogen (secondary N) is 1. The van der Waals surface area contributed by atoms with Gasteiger partial charge in [-0.05, 0) is 30.7 Å². The van der Waals surface area contributed by atoms with Crippen molar-refractivity contribution in [3.63, 3.8) is 0 Å². The molecule has 142 valence electrons. The molecule has 0 fully saturated rings. The number of nitro groups is 1. The maximum Gasteiger partial charge on any atom is 0.309 e. The summed E-state index contributed by atoms with van der Waals surface area (Å²) in [7, 11) is 0. The number of hydrogen-bond donors (Lipinski definition) is 1. The van der Waals surface area contributed by atoms with E-state index in [1.54, 1.807) is 6.07 Å². The normalized spacial score (nSPS) is 10.1. The third kappa shape index (κ3) is 6.59. The summed E-state index contributed by atoms with van der Waals surface area (Å²) in [6.07, 6.45) is -0.0144. The van der Waals surface area contributed by atoms with E-state index in [0.29, 0.717) is 5.75 Å². The van der Waals surface area contributed by atoms with Gasteiger partial charge in [0.25, 0.3) is 11.6 Å². The Kier molecular flexibility index (Phi) is 7.13. The summed E-state index contributed by atoms with van der Waals surface area (Å²) >= 11 is 5.87. The van der Waals surface area contributed by atoms with Crippen LogP contribution in [0.25, 0.3) is 0 Å². The van der Waals surface area contributed by atoms with Crippen LogP contribution in [0, 0.1) is 17.0 Å². The van der Waals surface area contributed by atoms with Gasteiger partial charge in [0.2, 0.25) is 0 Å². The lowest BCUT2D eigenvalue weighted by Gasteiger charge is -2.09. The highest BCUT2D eigenvalue weighted by Crippen LogP contribution is 2.26. The van der Waals surface area contributed by atoms with E-state index < -0.39 is 23.4 Å². The van der Waals surface area contributed by atoms with Crippen LogP contribution in [0.3, 0.4) is 0 Å². The van der Waals surface area contributed by atoms with Crippen molar-refractivity contribution in [1.82, 2.24) is 0 Å². The quantitative estimate of drug-likeness (QED) is 0.418. The molecule has 9 heteroatoms. The molecular weight excluding hydrogens is 376 g/mol. The van der Waals surface area contributed by atoms with Crippen LogP contribution in [-0.4, -0.2) is 30.0 Å². The molecule has 2 aromatic rings. The third-order valence-electron chi connectivity index (χ3n) is 3.37.